The Morgan fingerprint density at radius 2 is 1.80 bits per heavy atom. The minimum absolute atomic E-state index is 0.0497. The van der Waals surface area contributed by atoms with Gasteiger partial charge in [-0.2, -0.15) is 0 Å². The molecular weight excluding hydrogens is 382 g/mol. The first-order chi connectivity index (χ1) is 14.4. The number of benzene rings is 2. The lowest BCUT2D eigenvalue weighted by Crippen LogP contribution is -2.38. The van der Waals surface area contributed by atoms with E-state index in [1.807, 2.05) is 36.9 Å². The van der Waals surface area contributed by atoms with Crippen molar-refractivity contribution in [1.29, 1.82) is 0 Å². The molecule has 158 valence electrons. The molecule has 7 heteroatoms. The zero-order valence-corrected chi connectivity index (χ0v) is 17.5. The summed E-state index contributed by atoms with van der Waals surface area (Å²) >= 11 is 0. The number of para-hydroxylation sites is 1. The highest BCUT2D eigenvalue weighted by Crippen LogP contribution is 2.30. The van der Waals surface area contributed by atoms with Gasteiger partial charge in [-0.1, -0.05) is 18.2 Å². The van der Waals surface area contributed by atoms with Gasteiger partial charge < -0.3 is 20.3 Å². The molecule has 3 rings (SSSR count). The molecule has 2 N–H and O–H groups in total. The third-order valence-corrected chi connectivity index (χ3v) is 4.95. The van der Waals surface area contributed by atoms with Gasteiger partial charge in [0.05, 0.1) is 24.9 Å². The van der Waals surface area contributed by atoms with Gasteiger partial charge in [-0.15, -0.1) is 0 Å². The number of esters is 1. The van der Waals surface area contributed by atoms with Crippen LogP contribution in [0.4, 0.5) is 11.4 Å². The fraction of sp³-hybridized carbons (Fsp3) is 0.348. The van der Waals surface area contributed by atoms with Crippen LogP contribution in [0.1, 0.15) is 46.5 Å². The average molecular weight is 409 g/mol. The van der Waals surface area contributed by atoms with Crippen LogP contribution in [0.5, 0.6) is 0 Å². The fourth-order valence-electron chi connectivity index (χ4n) is 3.66. The van der Waals surface area contributed by atoms with E-state index in [1.165, 1.54) is 7.11 Å². The summed E-state index contributed by atoms with van der Waals surface area (Å²) in [6.45, 7) is 4.69. The zero-order valence-electron chi connectivity index (χ0n) is 17.5. The highest BCUT2D eigenvalue weighted by molar-refractivity contribution is 6.03. The quantitative estimate of drug-likeness (QED) is 0.716. The second-order valence-corrected chi connectivity index (χ2v) is 7.54. The van der Waals surface area contributed by atoms with E-state index in [9.17, 15) is 14.4 Å². The summed E-state index contributed by atoms with van der Waals surface area (Å²) in [4.78, 5) is 39.2. The molecular formula is C23H27N3O4. The topological polar surface area (TPSA) is 87.7 Å². The van der Waals surface area contributed by atoms with Crippen molar-refractivity contribution in [3.05, 3.63) is 59.2 Å². The zero-order chi connectivity index (χ0) is 21.7. The van der Waals surface area contributed by atoms with Crippen molar-refractivity contribution in [2.24, 2.45) is 0 Å². The van der Waals surface area contributed by atoms with Crippen molar-refractivity contribution in [3.8, 4) is 0 Å². The number of rotatable bonds is 6. The van der Waals surface area contributed by atoms with E-state index < -0.39 is 5.97 Å². The number of nitrogens with zero attached hydrogens (tertiary/aromatic N) is 1. The van der Waals surface area contributed by atoms with Crippen molar-refractivity contribution in [3.63, 3.8) is 0 Å². The van der Waals surface area contributed by atoms with Gasteiger partial charge in [-0.05, 0) is 56.5 Å². The van der Waals surface area contributed by atoms with Crippen LogP contribution < -0.4 is 15.5 Å². The van der Waals surface area contributed by atoms with Crippen LogP contribution in [0.2, 0.25) is 0 Å². The molecule has 0 fully saturated rings. The van der Waals surface area contributed by atoms with Gasteiger partial charge in [-0.3, -0.25) is 9.59 Å². The number of amides is 2. The Bertz CT molecular complexity index is 955. The van der Waals surface area contributed by atoms with Crippen molar-refractivity contribution in [1.82, 2.24) is 5.32 Å². The number of methoxy groups -OCH3 is 1. The minimum atomic E-state index is -0.505. The Labute approximate surface area is 176 Å². The minimum Gasteiger partial charge on any atom is -0.465 e. The Balaban J connectivity index is 1.78. The highest BCUT2D eigenvalue weighted by Gasteiger charge is 2.24. The van der Waals surface area contributed by atoms with Crippen LogP contribution in [0.3, 0.4) is 0 Å². The predicted octanol–water partition coefficient (Wildman–Crippen LogP) is 3.00. The number of anilines is 2. The second kappa shape index (κ2) is 9.43. The SMILES string of the molecule is COC(=O)c1ccccc1NC(=O)CN1CCCc2c(C(=O)NC(C)C)cccc21. The van der Waals surface area contributed by atoms with Gasteiger partial charge in [-0.25, -0.2) is 4.79 Å². The van der Waals surface area contributed by atoms with Crippen LogP contribution in [-0.4, -0.2) is 44.0 Å². The number of carbonyl (C=O) groups excluding carboxylic acids is 3. The van der Waals surface area contributed by atoms with Gasteiger partial charge in [0, 0.05) is 23.8 Å². The van der Waals surface area contributed by atoms with Gasteiger partial charge in [0.15, 0.2) is 0 Å². The molecule has 7 nitrogen and oxygen atoms in total. The molecule has 2 aromatic rings. The van der Waals surface area contributed by atoms with Gasteiger partial charge in [0.2, 0.25) is 5.91 Å². The molecule has 0 aliphatic carbocycles. The number of carbonyl (C=O) groups is 3. The van der Waals surface area contributed by atoms with Crippen LogP contribution in [0, 0.1) is 0 Å². The molecule has 0 aromatic heterocycles. The average Bonchev–Trinajstić information content (AvgIpc) is 2.73. The van der Waals surface area contributed by atoms with Gasteiger partial charge in [0.1, 0.15) is 0 Å². The van der Waals surface area contributed by atoms with Crippen molar-refractivity contribution in [2.75, 3.05) is 30.4 Å². The maximum atomic E-state index is 12.7. The molecule has 2 aromatic carbocycles. The third kappa shape index (κ3) is 4.79. The summed E-state index contributed by atoms with van der Waals surface area (Å²) in [6.07, 6.45) is 1.64. The van der Waals surface area contributed by atoms with Crippen LogP contribution >= 0.6 is 0 Å². The molecule has 0 atom stereocenters. The number of nitrogens with one attached hydrogen (secondary N) is 2. The second-order valence-electron chi connectivity index (χ2n) is 7.54. The maximum Gasteiger partial charge on any atom is 0.339 e. The molecule has 1 aliphatic rings. The lowest BCUT2D eigenvalue weighted by molar-refractivity contribution is -0.115. The van der Waals surface area contributed by atoms with Crippen LogP contribution in [-0.2, 0) is 16.0 Å². The molecule has 1 heterocycles. The van der Waals surface area contributed by atoms with Gasteiger partial charge in [0.25, 0.3) is 5.91 Å². The molecule has 1 aliphatic heterocycles. The Morgan fingerprint density at radius 1 is 1.07 bits per heavy atom. The number of hydrogen-bond donors (Lipinski definition) is 2. The van der Waals surface area contributed by atoms with E-state index in [0.717, 1.165) is 24.1 Å². The van der Waals surface area contributed by atoms with E-state index in [2.05, 4.69) is 10.6 Å². The summed E-state index contributed by atoms with van der Waals surface area (Å²) in [5.41, 5.74) is 3.23. The van der Waals surface area contributed by atoms with E-state index in [4.69, 9.17) is 4.74 Å². The van der Waals surface area contributed by atoms with E-state index in [0.29, 0.717) is 23.4 Å². The summed E-state index contributed by atoms with van der Waals surface area (Å²) in [5.74, 6) is -0.841. The largest absolute Gasteiger partial charge is 0.465 e. The van der Waals surface area contributed by atoms with Crippen LogP contribution in [0.15, 0.2) is 42.5 Å². The smallest absolute Gasteiger partial charge is 0.339 e. The molecule has 0 saturated carbocycles. The molecule has 0 spiro atoms. The first-order valence-electron chi connectivity index (χ1n) is 10.1. The number of hydrogen-bond acceptors (Lipinski definition) is 5. The highest BCUT2D eigenvalue weighted by atomic mass is 16.5. The first kappa shape index (κ1) is 21.4. The monoisotopic (exact) mass is 409 g/mol. The Morgan fingerprint density at radius 3 is 2.53 bits per heavy atom. The normalized spacial score (nSPS) is 12.9. The summed E-state index contributed by atoms with van der Waals surface area (Å²) < 4.78 is 4.78. The first-order valence-corrected chi connectivity index (χ1v) is 10.1. The third-order valence-electron chi connectivity index (χ3n) is 4.95. The van der Waals surface area contributed by atoms with E-state index in [-0.39, 0.29) is 24.4 Å². The number of ether oxygens (including phenoxy) is 1. The fourth-order valence-corrected chi connectivity index (χ4v) is 3.66. The Kier molecular flexibility index (Phi) is 6.72. The summed E-state index contributed by atoms with van der Waals surface area (Å²) in [6, 6.07) is 12.4. The van der Waals surface area contributed by atoms with E-state index >= 15 is 0 Å². The molecule has 0 saturated heterocycles. The predicted molar refractivity (Wildman–Crippen MR) is 116 cm³/mol. The summed E-state index contributed by atoms with van der Waals surface area (Å²) in [7, 11) is 1.30. The molecule has 0 unspecified atom stereocenters. The van der Waals surface area contributed by atoms with Crippen LogP contribution in [0.25, 0.3) is 0 Å². The molecule has 2 amide bonds. The lowest BCUT2D eigenvalue weighted by atomic mass is 9.95. The van der Waals surface area contributed by atoms with Crippen molar-refractivity contribution < 1.29 is 19.1 Å². The van der Waals surface area contributed by atoms with E-state index in [1.54, 1.807) is 24.3 Å². The summed E-state index contributed by atoms with van der Waals surface area (Å²) in [5, 5.41) is 5.75. The number of fused-ring (bicyclic) bond motifs is 1. The van der Waals surface area contributed by atoms with Gasteiger partial charge >= 0.3 is 5.97 Å². The lowest BCUT2D eigenvalue weighted by Gasteiger charge is -2.32. The van der Waals surface area contributed by atoms with Crippen molar-refractivity contribution >= 4 is 29.2 Å². The molecule has 30 heavy (non-hydrogen) atoms. The van der Waals surface area contributed by atoms with Crippen molar-refractivity contribution in [2.45, 2.75) is 32.7 Å². The molecule has 0 radical (unpaired) electrons. The maximum absolute atomic E-state index is 12.7. The molecule has 0 bridgehead atoms. The standard InChI is InChI=1S/C23H27N3O4/c1-15(2)24-22(28)17-9-6-12-20-16(17)10-7-13-26(20)14-21(27)25-19-11-5-4-8-18(19)23(29)30-3/h4-6,8-9,11-12,15H,7,10,13-14H2,1-3H3,(H,24,28)(H,25,27). The Hall–Kier alpha value is -3.35.